The summed E-state index contributed by atoms with van der Waals surface area (Å²) in [6, 6.07) is 10.8. The number of hydrogen-bond donors (Lipinski definition) is 3. The van der Waals surface area contributed by atoms with Crippen LogP contribution in [0.4, 0.5) is 10.5 Å². The summed E-state index contributed by atoms with van der Waals surface area (Å²) in [5.41, 5.74) is 1.77. The first kappa shape index (κ1) is 18.2. The number of aliphatic hydroxyl groups excluding tert-OH is 1. The summed E-state index contributed by atoms with van der Waals surface area (Å²) in [4.78, 5) is 16.3. The van der Waals surface area contributed by atoms with Gasteiger partial charge in [-0.05, 0) is 43.0 Å². The van der Waals surface area contributed by atoms with Crippen LogP contribution in [-0.2, 0) is 6.42 Å². The fourth-order valence-electron chi connectivity index (χ4n) is 3.08. The minimum atomic E-state index is -0.470. The van der Waals surface area contributed by atoms with E-state index in [1.807, 2.05) is 18.2 Å². The Kier molecular flexibility index (Phi) is 6.07. The number of amides is 2. The zero-order valence-corrected chi connectivity index (χ0v) is 14.9. The first-order valence-electron chi connectivity index (χ1n) is 9.12. The van der Waals surface area contributed by atoms with E-state index in [4.69, 9.17) is 4.74 Å². The fourth-order valence-corrected chi connectivity index (χ4v) is 3.08. The minimum Gasteiger partial charge on any atom is -0.439 e. The summed E-state index contributed by atoms with van der Waals surface area (Å²) in [5.74, 6) is 1.20. The number of aryl methyl sites for hydroxylation is 1. The highest BCUT2D eigenvalue weighted by atomic mass is 16.5. The number of nitrogens with zero attached hydrogens (tertiary/aromatic N) is 1. The van der Waals surface area contributed by atoms with Crippen molar-refractivity contribution in [2.75, 3.05) is 5.32 Å². The standard InChI is InChI=1S/C20H25N3O3/c1-2-14-6-5-7-16(12-14)26-19-11-10-15(13-21-19)22-20(25)23-17-8-3-4-9-18(17)24/h5-7,10-13,17-18,24H,2-4,8-9H2,1H3,(H2,22,23,25). The second kappa shape index (κ2) is 8.67. The second-order valence-electron chi connectivity index (χ2n) is 6.54. The molecule has 1 aliphatic rings. The summed E-state index contributed by atoms with van der Waals surface area (Å²) in [5, 5.41) is 15.5. The molecule has 3 rings (SSSR count). The highest BCUT2D eigenvalue weighted by Gasteiger charge is 2.24. The van der Waals surface area contributed by atoms with Crippen molar-refractivity contribution in [2.24, 2.45) is 0 Å². The van der Waals surface area contributed by atoms with E-state index < -0.39 is 6.10 Å². The van der Waals surface area contributed by atoms with E-state index in [1.54, 1.807) is 18.3 Å². The van der Waals surface area contributed by atoms with Gasteiger partial charge in [0.2, 0.25) is 5.88 Å². The van der Waals surface area contributed by atoms with Crippen molar-refractivity contribution in [3.63, 3.8) is 0 Å². The van der Waals surface area contributed by atoms with Crippen LogP contribution in [0.1, 0.15) is 38.2 Å². The second-order valence-corrected chi connectivity index (χ2v) is 6.54. The van der Waals surface area contributed by atoms with Gasteiger partial charge in [0.05, 0.1) is 24.0 Å². The highest BCUT2D eigenvalue weighted by molar-refractivity contribution is 5.89. The summed E-state index contributed by atoms with van der Waals surface area (Å²) < 4.78 is 5.74. The molecule has 2 atom stereocenters. The molecule has 6 heteroatoms. The number of urea groups is 1. The number of ether oxygens (including phenoxy) is 1. The van der Waals surface area contributed by atoms with Crippen LogP contribution in [0.15, 0.2) is 42.6 Å². The van der Waals surface area contributed by atoms with Gasteiger partial charge >= 0.3 is 6.03 Å². The normalized spacial score (nSPS) is 19.6. The molecule has 1 aliphatic carbocycles. The van der Waals surface area contributed by atoms with E-state index >= 15 is 0 Å². The van der Waals surface area contributed by atoms with Gasteiger partial charge in [-0.15, -0.1) is 0 Å². The molecular formula is C20H25N3O3. The molecule has 138 valence electrons. The molecule has 3 N–H and O–H groups in total. The summed E-state index contributed by atoms with van der Waals surface area (Å²) >= 11 is 0. The number of aromatic nitrogens is 1. The fraction of sp³-hybridized carbons (Fsp3) is 0.400. The van der Waals surface area contributed by atoms with Gasteiger partial charge in [0.25, 0.3) is 0 Å². The molecule has 26 heavy (non-hydrogen) atoms. The summed E-state index contributed by atoms with van der Waals surface area (Å²) in [6.45, 7) is 2.09. The largest absolute Gasteiger partial charge is 0.439 e. The number of rotatable bonds is 5. The molecule has 0 saturated heterocycles. The predicted octanol–water partition coefficient (Wildman–Crippen LogP) is 3.86. The third-order valence-corrected chi connectivity index (χ3v) is 4.57. The van der Waals surface area contributed by atoms with Crippen LogP contribution in [0.5, 0.6) is 11.6 Å². The third-order valence-electron chi connectivity index (χ3n) is 4.57. The topological polar surface area (TPSA) is 83.5 Å². The number of aliphatic hydroxyl groups is 1. The summed E-state index contributed by atoms with van der Waals surface area (Å²) in [7, 11) is 0. The van der Waals surface area contributed by atoms with E-state index in [0.29, 0.717) is 11.6 Å². The van der Waals surface area contributed by atoms with Crippen molar-refractivity contribution in [1.82, 2.24) is 10.3 Å². The first-order chi connectivity index (χ1) is 12.6. The highest BCUT2D eigenvalue weighted by Crippen LogP contribution is 2.22. The maximum Gasteiger partial charge on any atom is 0.319 e. The Morgan fingerprint density at radius 1 is 1.27 bits per heavy atom. The summed E-state index contributed by atoms with van der Waals surface area (Å²) in [6.07, 6.45) is 5.59. The van der Waals surface area contributed by atoms with Crippen LogP contribution < -0.4 is 15.4 Å². The quantitative estimate of drug-likeness (QED) is 0.760. The molecule has 0 spiro atoms. The van der Waals surface area contributed by atoms with Crippen molar-refractivity contribution in [3.05, 3.63) is 48.2 Å². The van der Waals surface area contributed by atoms with E-state index in [-0.39, 0.29) is 12.1 Å². The monoisotopic (exact) mass is 355 g/mol. The van der Waals surface area contributed by atoms with E-state index in [0.717, 1.165) is 37.9 Å². The van der Waals surface area contributed by atoms with E-state index in [9.17, 15) is 9.90 Å². The van der Waals surface area contributed by atoms with Gasteiger partial charge in [-0.3, -0.25) is 0 Å². The van der Waals surface area contributed by atoms with Crippen LogP contribution in [0.2, 0.25) is 0 Å². The molecule has 1 aromatic heterocycles. The lowest BCUT2D eigenvalue weighted by Crippen LogP contribution is -2.46. The van der Waals surface area contributed by atoms with Crippen LogP contribution in [0.25, 0.3) is 0 Å². The first-order valence-corrected chi connectivity index (χ1v) is 9.12. The van der Waals surface area contributed by atoms with Crippen LogP contribution in [0, 0.1) is 0 Å². The molecule has 0 bridgehead atoms. The zero-order chi connectivity index (χ0) is 18.4. The number of carbonyl (C=O) groups excluding carboxylic acids is 1. The maximum atomic E-state index is 12.1. The molecular weight excluding hydrogens is 330 g/mol. The number of benzene rings is 1. The lowest BCUT2D eigenvalue weighted by atomic mass is 9.93. The van der Waals surface area contributed by atoms with Crippen molar-refractivity contribution in [3.8, 4) is 11.6 Å². The molecule has 2 unspecified atom stereocenters. The number of hydrogen-bond acceptors (Lipinski definition) is 4. The lowest BCUT2D eigenvalue weighted by molar-refractivity contribution is 0.0955. The predicted molar refractivity (Wildman–Crippen MR) is 101 cm³/mol. The molecule has 1 aromatic carbocycles. The van der Waals surface area contributed by atoms with Gasteiger partial charge in [-0.1, -0.05) is 31.9 Å². The Hall–Kier alpha value is -2.60. The molecule has 2 amide bonds. The van der Waals surface area contributed by atoms with Crippen molar-refractivity contribution >= 4 is 11.7 Å². The van der Waals surface area contributed by atoms with Gasteiger partial charge in [0.15, 0.2) is 0 Å². The Bertz CT molecular complexity index is 733. The van der Waals surface area contributed by atoms with Gasteiger partial charge in [-0.2, -0.15) is 0 Å². The number of pyridine rings is 1. The molecule has 6 nitrogen and oxygen atoms in total. The van der Waals surface area contributed by atoms with Crippen molar-refractivity contribution in [1.29, 1.82) is 0 Å². The third kappa shape index (κ3) is 4.95. The zero-order valence-electron chi connectivity index (χ0n) is 14.9. The van der Waals surface area contributed by atoms with E-state index in [2.05, 4.69) is 28.6 Å². The molecule has 1 fully saturated rings. The minimum absolute atomic E-state index is 0.190. The number of carbonyl (C=O) groups is 1. The average molecular weight is 355 g/mol. The molecule has 0 aliphatic heterocycles. The molecule has 0 radical (unpaired) electrons. The molecule has 1 heterocycles. The Balaban J connectivity index is 1.54. The van der Waals surface area contributed by atoms with Gasteiger partial charge in [0.1, 0.15) is 5.75 Å². The smallest absolute Gasteiger partial charge is 0.319 e. The molecule has 2 aromatic rings. The Morgan fingerprint density at radius 2 is 2.12 bits per heavy atom. The van der Waals surface area contributed by atoms with Gasteiger partial charge in [0, 0.05) is 6.07 Å². The SMILES string of the molecule is CCc1cccc(Oc2ccc(NC(=O)NC3CCCCC3O)cn2)c1. The van der Waals surface area contributed by atoms with Gasteiger partial charge < -0.3 is 20.5 Å². The van der Waals surface area contributed by atoms with Crippen LogP contribution >= 0.6 is 0 Å². The van der Waals surface area contributed by atoms with Crippen LogP contribution in [-0.4, -0.2) is 28.3 Å². The number of anilines is 1. The molecule has 1 saturated carbocycles. The number of nitrogens with one attached hydrogen (secondary N) is 2. The van der Waals surface area contributed by atoms with Crippen LogP contribution in [0.3, 0.4) is 0 Å². The maximum absolute atomic E-state index is 12.1. The van der Waals surface area contributed by atoms with Crippen molar-refractivity contribution < 1.29 is 14.6 Å². The Labute approximate surface area is 153 Å². The average Bonchev–Trinajstić information content (AvgIpc) is 2.65. The van der Waals surface area contributed by atoms with Gasteiger partial charge in [-0.25, -0.2) is 9.78 Å². The van der Waals surface area contributed by atoms with E-state index in [1.165, 1.54) is 5.56 Å². The Morgan fingerprint density at radius 3 is 2.85 bits per heavy atom. The lowest BCUT2D eigenvalue weighted by Gasteiger charge is -2.28. The van der Waals surface area contributed by atoms with Crippen molar-refractivity contribution in [2.45, 2.75) is 51.2 Å².